The minimum absolute atomic E-state index is 0.460. The summed E-state index contributed by atoms with van der Waals surface area (Å²) in [4.78, 5) is 4.44. The third-order valence-corrected chi connectivity index (χ3v) is 2.81. The van der Waals surface area contributed by atoms with Crippen LogP contribution >= 0.6 is 0 Å². The van der Waals surface area contributed by atoms with Gasteiger partial charge in [0.15, 0.2) is 5.69 Å². The van der Waals surface area contributed by atoms with E-state index in [9.17, 15) is 0 Å². The Morgan fingerprint density at radius 2 is 2.00 bits per heavy atom. The first-order valence-corrected chi connectivity index (χ1v) is 5.83. The zero-order valence-electron chi connectivity index (χ0n) is 10.2. The minimum Gasteiger partial charge on any atom is -0.383 e. The molecule has 19 heavy (non-hydrogen) atoms. The normalized spacial score (nSPS) is 10.7. The Labute approximate surface area is 110 Å². The van der Waals surface area contributed by atoms with Crippen LogP contribution in [0.25, 0.3) is 17.2 Å². The maximum Gasteiger partial charge on any atom is 0.209 e. The van der Waals surface area contributed by atoms with E-state index in [0.29, 0.717) is 23.8 Å². The second-order valence-electron chi connectivity index (χ2n) is 4.04. The molecule has 0 bridgehead atoms. The Bertz CT molecular complexity index is 688. The number of nitrogen functional groups attached to an aromatic ring is 1. The van der Waals surface area contributed by atoms with Gasteiger partial charge in [0.2, 0.25) is 5.82 Å². The van der Waals surface area contributed by atoms with E-state index in [1.807, 2.05) is 34.9 Å². The molecule has 0 unspecified atom stereocenters. The third-order valence-electron chi connectivity index (χ3n) is 2.81. The molecule has 3 rings (SSSR count). The summed E-state index contributed by atoms with van der Waals surface area (Å²) in [5, 5.41) is 11.4. The van der Waals surface area contributed by atoms with Gasteiger partial charge >= 0.3 is 0 Å². The summed E-state index contributed by atoms with van der Waals surface area (Å²) in [6, 6.07) is 9.75. The van der Waals surface area contributed by atoms with Crippen molar-refractivity contribution in [2.24, 2.45) is 0 Å². The van der Waals surface area contributed by atoms with Crippen LogP contribution < -0.4 is 5.73 Å². The molecule has 6 nitrogen and oxygen atoms in total. The van der Waals surface area contributed by atoms with Crippen molar-refractivity contribution in [3.63, 3.8) is 0 Å². The van der Waals surface area contributed by atoms with Crippen LogP contribution in [0.5, 0.6) is 0 Å². The molecule has 94 valence electrons. The highest BCUT2D eigenvalue weighted by molar-refractivity contribution is 5.67. The number of hydrogen-bond donors (Lipinski definition) is 1. The highest BCUT2D eigenvalue weighted by Crippen LogP contribution is 2.26. The van der Waals surface area contributed by atoms with E-state index in [0.717, 1.165) is 11.5 Å². The van der Waals surface area contributed by atoms with E-state index in [1.165, 1.54) is 0 Å². The van der Waals surface area contributed by atoms with Gasteiger partial charge in [-0.2, -0.15) is 0 Å². The molecular formula is C13H12N6. The first kappa shape index (κ1) is 11.3. The average Bonchev–Trinajstić information content (AvgIpc) is 2.89. The molecule has 0 aromatic heterocycles. The fraction of sp³-hybridized carbons (Fsp3) is 0.0769. The van der Waals surface area contributed by atoms with Gasteiger partial charge in [0, 0.05) is 12.1 Å². The molecule has 2 aliphatic heterocycles. The zero-order valence-corrected chi connectivity index (χ0v) is 10.2. The summed E-state index contributed by atoms with van der Waals surface area (Å²) in [6.07, 6.45) is 2.36. The highest BCUT2D eigenvalue weighted by Gasteiger charge is 2.19. The van der Waals surface area contributed by atoms with Gasteiger partial charge in [-0.3, -0.25) is 4.57 Å². The monoisotopic (exact) mass is 252 g/mol. The number of rotatable bonds is 3. The average molecular weight is 252 g/mol. The predicted octanol–water partition coefficient (Wildman–Crippen LogP) is 1.47. The summed E-state index contributed by atoms with van der Waals surface area (Å²) < 4.78 is 1.85. The minimum atomic E-state index is 0.460. The van der Waals surface area contributed by atoms with Crippen molar-refractivity contribution in [2.75, 3.05) is 5.73 Å². The lowest BCUT2D eigenvalue weighted by molar-refractivity contribution is 0.872. The standard InChI is InChI=1S/C13H12N6/c1-2-6-10-15-13-11(16-18-17-13)12(14)19(10)9-7-4-3-5-8-9/h2-5,7-8H,1,6,14H2. The van der Waals surface area contributed by atoms with Gasteiger partial charge in [0.05, 0.1) is 0 Å². The fourth-order valence-corrected chi connectivity index (χ4v) is 1.99. The summed E-state index contributed by atoms with van der Waals surface area (Å²) in [5.41, 5.74) is 7.61. The van der Waals surface area contributed by atoms with Gasteiger partial charge in [-0.05, 0) is 17.3 Å². The van der Waals surface area contributed by atoms with Crippen molar-refractivity contribution in [3.05, 3.63) is 48.8 Å². The maximum atomic E-state index is 6.17. The van der Waals surface area contributed by atoms with Gasteiger partial charge in [0.25, 0.3) is 0 Å². The van der Waals surface area contributed by atoms with Crippen LogP contribution in [0.3, 0.4) is 0 Å². The zero-order chi connectivity index (χ0) is 13.2. The molecule has 2 heterocycles. The van der Waals surface area contributed by atoms with Crippen molar-refractivity contribution in [1.82, 2.24) is 25.0 Å². The van der Waals surface area contributed by atoms with Gasteiger partial charge in [0.1, 0.15) is 11.6 Å². The quantitative estimate of drug-likeness (QED) is 0.714. The Morgan fingerprint density at radius 3 is 2.74 bits per heavy atom. The number of nitrogens with two attached hydrogens (primary N) is 1. The summed E-state index contributed by atoms with van der Waals surface area (Å²) >= 11 is 0. The smallest absolute Gasteiger partial charge is 0.209 e. The van der Waals surface area contributed by atoms with Crippen molar-refractivity contribution in [3.8, 4) is 17.2 Å². The van der Waals surface area contributed by atoms with Crippen molar-refractivity contribution >= 4 is 5.82 Å². The van der Waals surface area contributed by atoms with Gasteiger partial charge in [-0.15, -0.1) is 16.8 Å². The Hall–Kier alpha value is -2.76. The van der Waals surface area contributed by atoms with Crippen LogP contribution in [0, 0.1) is 0 Å². The summed E-state index contributed by atoms with van der Waals surface area (Å²) in [6.45, 7) is 3.74. The molecule has 1 aromatic carbocycles. The number of benzene rings is 1. The second-order valence-corrected chi connectivity index (χ2v) is 4.04. The molecule has 0 fully saturated rings. The summed E-state index contributed by atoms with van der Waals surface area (Å²) in [7, 11) is 0. The lowest BCUT2D eigenvalue weighted by Gasteiger charge is -2.16. The van der Waals surface area contributed by atoms with E-state index in [1.54, 1.807) is 6.08 Å². The Balaban J connectivity index is 2.32. The van der Waals surface area contributed by atoms with E-state index in [2.05, 4.69) is 27.0 Å². The molecule has 2 aliphatic rings. The van der Waals surface area contributed by atoms with Crippen LogP contribution in [-0.2, 0) is 6.42 Å². The highest BCUT2D eigenvalue weighted by atomic mass is 15.4. The Kier molecular flexibility index (Phi) is 2.68. The molecule has 0 spiro atoms. The molecule has 2 N–H and O–H groups in total. The fourth-order valence-electron chi connectivity index (χ4n) is 1.99. The predicted molar refractivity (Wildman–Crippen MR) is 71.9 cm³/mol. The number of hydrogen-bond acceptors (Lipinski definition) is 5. The van der Waals surface area contributed by atoms with E-state index < -0.39 is 0 Å². The molecular weight excluding hydrogens is 240 g/mol. The second kappa shape index (κ2) is 4.49. The molecule has 0 radical (unpaired) electrons. The van der Waals surface area contributed by atoms with E-state index in [4.69, 9.17) is 5.73 Å². The number of anilines is 1. The van der Waals surface area contributed by atoms with Crippen LogP contribution in [0.4, 0.5) is 5.82 Å². The van der Waals surface area contributed by atoms with Crippen LogP contribution in [0.15, 0.2) is 43.0 Å². The van der Waals surface area contributed by atoms with Crippen molar-refractivity contribution < 1.29 is 0 Å². The third kappa shape index (κ3) is 1.83. The molecule has 0 aliphatic carbocycles. The van der Waals surface area contributed by atoms with Gasteiger partial charge in [-0.1, -0.05) is 24.3 Å². The first-order chi connectivity index (χ1) is 9.31. The first-order valence-electron chi connectivity index (χ1n) is 5.83. The molecule has 1 aromatic rings. The molecule has 0 atom stereocenters. The lowest BCUT2D eigenvalue weighted by Crippen LogP contribution is -2.14. The maximum absolute atomic E-state index is 6.17. The topological polar surface area (TPSA) is 82.5 Å². The molecule has 0 saturated carbocycles. The SMILES string of the molecule is C=CCc1nc2nnnc-2c(N)n1-c1ccccc1. The van der Waals surface area contributed by atoms with Gasteiger partial charge < -0.3 is 5.73 Å². The van der Waals surface area contributed by atoms with E-state index >= 15 is 0 Å². The number of aromatic nitrogens is 5. The number of fused-ring (bicyclic) bond motifs is 1. The number of para-hydroxylation sites is 1. The number of allylic oxidation sites excluding steroid dienone is 1. The van der Waals surface area contributed by atoms with Crippen LogP contribution in [0.1, 0.15) is 5.82 Å². The van der Waals surface area contributed by atoms with Crippen LogP contribution in [0.2, 0.25) is 0 Å². The van der Waals surface area contributed by atoms with Crippen molar-refractivity contribution in [1.29, 1.82) is 0 Å². The summed E-state index contributed by atoms with van der Waals surface area (Å²) in [5.74, 6) is 1.70. The Morgan fingerprint density at radius 1 is 1.21 bits per heavy atom. The molecule has 0 amide bonds. The van der Waals surface area contributed by atoms with Crippen LogP contribution in [-0.4, -0.2) is 25.0 Å². The largest absolute Gasteiger partial charge is 0.383 e. The molecule has 6 heteroatoms. The van der Waals surface area contributed by atoms with E-state index in [-0.39, 0.29) is 0 Å². The van der Waals surface area contributed by atoms with Crippen molar-refractivity contribution in [2.45, 2.75) is 6.42 Å². The number of nitrogens with zero attached hydrogens (tertiary/aromatic N) is 5. The molecule has 0 saturated heterocycles. The lowest BCUT2D eigenvalue weighted by atomic mass is 10.2. The van der Waals surface area contributed by atoms with Gasteiger partial charge in [-0.25, -0.2) is 4.98 Å².